The van der Waals surface area contributed by atoms with Gasteiger partial charge in [-0.2, -0.15) is 0 Å². The molecule has 0 spiro atoms. The molecule has 0 aliphatic heterocycles. The van der Waals surface area contributed by atoms with Gasteiger partial charge in [0.25, 0.3) is 6.33 Å². The molecule has 0 amide bonds. The molecule has 0 fully saturated rings. The Morgan fingerprint density at radius 2 is 2.06 bits per heavy atom. The maximum atomic E-state index is 4.32. The van der Waals surface area contributed by atoms with Gasteiger partial charge in [0.2, 0.25) is 5.52 Å². The number of fused-ring (bicyclic) bond motifs is 3. The SMILES string of the molecule is C[n+]1cnc2ccc3[nH]cccc3c21.O.[Cl-]. The van der Waals surface area contributed by atoms with Crippen molar-refractivity contribution in [2.45, 2.75) is 0 Å². The quantitative estimate of drug-likeness (QED) is 0.440. The minimum absolute atomic E-state index is 0. The normalized spacial score (nSPS) is 9.81. The minimum atomic E-state index is 0. The van der Waals surface area contributed by atoms with E-state index in [9.17, 15) is 0 Å². The second-order valence-electron chi connectivity index (χ2n) is 3.42. The second-order valence-corrected chi connectivity index (χ2v) is 3.42. The minimum Gasteiger partial charge on any atom is -1.00 e. The van der Waals surface area contributed by atoms with Crippen LogP contribution in [0.25, 0.3) is 21.9 Å². The number of hydrogen-bond donors (Lipinski definition) is 1. The Bertz CT molecular complexity index is 621. The van der Waals surface area contributed by atoms with Gasteiger partial charge >= 0.3 is 0 Å². The highest BCUT2D eigenvalue weighted by molar-refractivity contribution is 6.00. The molecule has 2 aromatic heterocycles. The summed E-state index contributed by atoms with van der Waals surface area (Å²) in [5, 5.41) is 1.21. The van der Waals surface area contributed by atoms with Crippen LogP contribution in [0.3, 0.4) is 0 Å². The van der Waals surface area contributed by atoms with Crippen LogP contribution < -0.4 is 17.0 Å². The van der Waals surface area contributed by atoms with Crippen molar-refractivity contribution in [3.8, 4) is 0 Å². The lowest BCUT2D eigenvalue weighted by atomic mass is 10.2. The molecule has 0 unspecified atom stereocenters. The number of imidazole rings is 1. The molecule has 0 radical (unpaired) electrons. The zero-order chi connectivity index (χ0) is 9.54. The van der Waals surface area contributed by atoms with Crippen LogP contribution in [0.2, 0.25) is 0 Å². The second kappa shape index (κ2) is 4.47. The summed E-state index contributed by atoms with van der Waals surface area (Å²) in [4.78, 5) is 7.54. The lowest BCUT2D eigenvalue weighted by Crippen LogP contribution is -3.00. The summed E-state index contributed by atoms with van der Waals surface area (Å²) in [6, 6.07) is 8.21. The van der Waals surface area contributed by atoms with Crippen molar-refractivity contribution in [1.82, 2.24) is 9.97 Å². The molecule has 4 nitrogen and oxygen atoms in total. The number of nitrogens with one attached hydrogen (secondary N) is 1. The van der Waals surface area contributed by atoms with Crippen molar-refractivity contribution in [2.75, 3.05) is 0 Å². The van der Waals surface area contributed by atoms with Crippen LogP contribution in [0, 0.1) is 0 Å². The first-order valence-corrected chi connectivity index (χ1v) is 4.57. The van der Waals surface area contributed by atoms with E-state index >= 15 is 0 Å². The van der Waals surface area contributed by atoms with Crippen molar-refractivity contribution in [3.63, 3.8) is 0 Å². The predicted molar refractivity (Wildman–Crippen MR) is 58.4 cm³/mol. The number of nitrogens with zero attached hydrogens (tertiary/aromatic N) is 2. The van der Waals surface area contributed by atoms with Crippen LogP contribution in [0.4, 0.5) is 0 Å². The van der Waals surface area contributed by atoms with Gasteiger partial charge in [-0.3, -0.25) is 0 Å². The van der Waals surface area contributed by atoms with Crippen molar-refractivity contribution in [3.05, 3.63) is 36.8 Å². The molecular formula is C11H12ClN3O. The van der Waals surface area contributed by atoms with E-state index in [4.69, 9.17) is 0 Å². The summed E-state index contributed by atoms with van der Waals surface area (Å²) in [5.74, 6) is 0. The number of aromatic amines is 1. The molecule has 3 rings (SSSR count). The lowest BCUT2D eigenvalue weighted by molar-refractivity contribution is -0.643. The highest BCUT2D eigenvalue weighted by Crippen LogP contribution is 2.18. The van der Waals surface area contributed by atoms with Crippen LogP contribution >= 0.6 is 0 Å². The van der Waals surface area contributed by atoms with Crippen molar-refractivity contribution in [2.24, 2.45) is 7.05 Å². The Labute approximate surface area is 98.7 Å². The monoisotopic (exact) mass is 237 g/mol. The highest BCUT2D eigenvalue weighted by atomic mass is 35.5. The van der Waals surface area contributed by atoms with Gasteiger partial charge in [0, 0.05) is 17.1 Å². The van der Waals surface area contributed by atoms with E-state index in [-0.39, 0.29) is 17.9 Å². The fraction of sp³-hybridized carbons (Fsp3) is 0.0909. The van der Waals surface area contributed by atoms with Gasteiger partial charge in [-0.05, 0) is 29.2 Å². The Morgan fingerprint density at radius 1 is 1.25 bits per heavy atom. The first kappa shape index (κ1) is 12.4. The number of halogens is 1. The number of pyridine rings is 1. The van der Waals surface area contributed by atoms with Gasteiger partial charge in [0.05, 0.1) is 7.05 Å². The summed E-state index contributed by atoms with van der Waals surface area (Å²) in [6.07, 6.45) is 3.78. The number of H-pyrrole nitrogens is 1. The topological polar surface area (TPSA) is 64.1 Å². The van der Waals surface area contributed by atoms with E-state index < -0.39 is 0 Å². The summed E-state index contributed by atoms with van der Waals surface area (Å²) >= 11 is 0. The zero-order valence-electron chi connectivity index (χ0n) is 8.74. The predicted octanol–water partition coefficient (Wildman–Crippen LogP) is -2.28. The smallest absolute Gasteiger partial charge is 0.287 e. The van der Waals surface area contributed by atoms with Gasteiger partial charge in [-0.25, -0.2) is 4.57 Å². The van der Waals surface area contributed by atoms with Crippen molar-refractivity contribution < 1.29 is 22.5 Å². The van der Waals surface area contributed by atoms with Crippen LogP contribution in [-0.4, -0.2) is 15.4 Å². The molecule has 3 aromatic rings. The molecule has 0 aliphatic carbocycles. The van der Waals surface area contributed by atoms with Crippen LogP contribution in [0.15, 0.2) is 36.8 Å². The molecule has 0 saturated carbocycles. The van der Waals surface area contributed by atoms with E-state index in [0.29, 0.717) is 0 Å². The molecule has 2 heterocycles. The Hall–Kier alpha value is -1.65. The summed E-state index contributed by atoms with van der Waals surface area (Å²) in [7, 11) is 2.02. The average molecular weight is 238 g/mol. The maximum absolute atomic E-state index is 4.32. The molecule has 16 heavy (non-hydrogen) atoms. The molecule has 84 valence electrons. The van der Waals surface area contributed by atoms with Gasteiger partial charge in [0.15, 0.2) is 5.52 Å². The molecule has 0 aliphatic rings. The fourth-order valence-corrected chi connectivity index (χ4v) is 1.85. The van der Waals surface area contributed by atoms with Crippen molar-refractivity contribution in [1.29, 1.82) is 0 Å². The maximum Gasteiger partial charge on any atom is 0.287 e. The summed E-state index contributed by atoms with van der Waals surface area (Å²) < 4.78 is 2.05. The van der Waals surface area contributed by atoms with Gasteiger partial charge in [-0.15, -0.1) is 0 Å². The van der Waals surface area contributed by atoms with E-state index in [2.05, 4.69) is 22.1 Å². The Morgan fingerprint density at radius 3 is 2.88 bits per heavy atom. The van der Waals surface area contributed by atoms with Gasteiger partial charge in [0.1, 0.15) is 0 Å². The van der Waals surface area contributed by atoms with Crippen LogP contribution in [0.5, 0.6) is 0 Å². The lowest BCUT2D eigenvalue weighted by Gasteiger charge is -1.96. The third kappa shape index (κ3) is 1.62. The summed E-state index contributed by atoms with van der Waals surface area (Å²) in [6.45, 7) is 0. The average Bonchev–Trinajstić information content (AvgIpc) is 2.61. The Balaban J connectivity index is 0.000000640. The van der Waals surface area contributed by atoms with Crippen LogP contribution in [-0.2, 0) is 7.05 Å². The number of benzene rings is 1. The number of aryl methyl sites for hydroxylation is 1. The molecule has 0 atom stereocenters. The fourth-order valence-electron chi connectivity index (χ4n) is 1.85. The molecule has 0 bridgehead atoms. The van der Waals surface area contributed by atoms with Gasteiger partial charge in [-0.1, -0.05) is 0 Å². The summed E-state index contributed by atoms with van der Waals surface area (Å²) in [5.41, 5.74) is 3.36. The molecule has 3 N–H and O–H groups in total. The van der Waals surface area contributed by atoms with E-state index in [1.807, 2.05) is 36.3 Å². The number of hydrogen-bond acceptors (Lipinski definition) is 1. The van der Waals surface area contributed by atoms with Crippen molar-refractivity contribution >= 4 is 21.9 Å². The molecule has 0 saturated heterocycles. The van der Waals surface area contributed by atoms with E-state index in [1.54, 1.807) is 0 Å². The number of rotatable bonds is 0. The Kier molecular flexibility index (Phi) is 3.47. The third-order valence-corrected chi connectivity index (χ3v) is 2.52. The standard InChI is InChI=1S/C11H9N3.ClH.H2O/c1-14-7-13-10-5-4-9-8(11(10)14)3-2-6-12-9;;/h2-7H,1H3;1H;1H2. The molecule has 1 aromatic carbocycles. The zero-order valence-corrected chi connectivity index (χ0v) is 9.49. The van der Waals surface area contributed by atoms with E-state index in [0.717, 1.165) is 11.0 Å². The number of aromatic nitrogens is 3. The van der Waals surface area contributed by atoms with E-state index in [1.165, 1.54) is 10.9 Å². The first-order chi connectivity index (χ1) is 6.86. The van der Waals surface area contributed by atoms with Gasteiger partial charge < -0.3 is 22.9 Å². The highest BCUT2D eigenvalue weighted by Gasteiger charge is 2.11. The third-order valence-electron chi connectivity index (χ3n) is 2.52. The molecule has 5 heteroatoms. The first-order valence-electron chi connectivity index (χ1n) is 4.57. The van der Waals surface area contributed by atoms with Crippen LogP contribution in [0.1, 0.15) is 0 Å². The molecular weight excluding hydrogens is 226 g/mol. The largest absolute Gasteiger partial charge is 1.00 e.